The number of halogens is 1. The number of Topliss-reactive ketones (excluding diaryl/α,β-unsaturated/α-hetero) is 3. The van der Waals surface area contributed by atoms with E-state index in [1.165, 1.54) is 12.1 Å². The van der Waals surface area contributed by atoms with Crippen LogP contribution in [-0.4, -0.2) is 22.3 Å². The first-order chi connectivity index (χ1) is 12.4. The van der Waals surface area contributed by atoms with Crippen LogP contribution in [0.25, 0.3) is 0 Å². The summed E-state index contributed by atoms with van der Waals surface area (Å²) in [6.07, 6.45) is 0.400. The van der Waals surface area contributed by atoms with Crippen LogP contribution in [0, 0.1) is 16.0 Å². The third-order valence-electron chi connectivity index (χ3n) is 4.52. The summed E-state index contributed by atoms with van der Waals surface area (Å²) < 4.78 is 0. The number of rotatable bonds is 4. The predicted octanol–water partition coefficient (Wildman–Crippen LogP) is 3.76. The smallest absolute Gasteiger partial charge is 0.281 e. The van der Waals surface area contributed by atoms with Gasteiger partial charge in [-0.3, -0.25) is 24.5 Å². The molecule has 0 amide bonds. The van der Waals surface area contributed by atoms with Gasteiger partial charge in [-0.25, -0.2) is 0 Å². The second-order valence-electron chi connectivity index (χ2n) is 6.09. The number of nitro benzene ring substituents is 1. The molecule has 2 unspecified atom stereocenters. The normalized spacial score (nSPS) is 20.0. The van der Waals surface area contributed by atoms with Crippen LogP contribution < -0.4 is 0 Å². The molecular formula is C19H14ClNO5. The van der Waals surface area contributed by atoms with Crippen LogP contribution in [0.2, 0.25) is 5.02 Å². The third kappa shape index (κ3) is 3.28. The summed E-state index contributed by atoms with van der Waals surface area (Å²) >= 11 is 5.76. The van der Waals surface area contributed by atoms with E-state index in [1.54, 1.807) is 24.3 Å². The first-order valence-electron chi connectivity index (χ1n) is 7.99. The van der Waals surface area contributed by atoms with Crippen LogP contribution in [0.4, 0.5) is 5.69 Å². The Morgan fingerprint density at radius 2 is 1.81 bits per heavy atom. The van der Waals surface area contributed by atoms with Gasteiger partial charge in [0.25, 0.3) is 5.69 Å². The number of carbonyl (C=O) groups excluding carboxylic acids is 3. The lowest BCUT2D eigenvalue weighted by Gasteiger charge is -2.26. The zero-order valence-corrected chi connectivity index (χ0v) is 14.3. The minimum absolute atomic E-state index is 0.0725. The van der Waals surface area contributed by atoms with Crippen LogP contribution in [0.3, 0.4) is 0 Å². The van der Waals surface area contributed by atoms with Gasteiger partial charge in [0.15, 0.2) is 17.3 Å². The van der Waals surface area contributed by atoms with Gasteiger partial charge in [-0.2, -0.15) is 0 Å². The highest BCUT2D eigenvalue weighted by Crippen LogP contribution is 2.35. The SMILES string of the molecule is O=C1CCC(c2ccccc2)C(=O)C1C(=O)c1ccc(Cl)cc1[N+](=O)[O-]. The van der Waals surface area contributed by atoms with E-state index in [2.05, 4.69) is 0 Å². The highest BCUT2D eigenvalue weighted by molar-refractivity contribution is 6.31. The van der Waals surface area contributed by atoms with E-state index in [0.29, 0.717) is 6.42 Å². The highest BCUT2D eigenvalue weighted by atomic mass is 35.5. The van der Waals surface area contributed by atoms with Crippen molar-refractivity contribution >= 4 is 34.6 Å². The largest absolute Gasteiger partial charge is 0.298 e. The van der Waals surface area contributed by atoms with Crippen molar-refractivity contribution < 1.29 is 19.3 Å². The minimum Gasteiger partial charge on any atom is -0.298 e. The molecule has 0 bridgehead atoms. The Bertz CT molecular complexity index is 909. The number of nitrogens with zero attached hydrogens (tertiary/aromatic N) is 1. The summed E-state index contributed by atoms with van der Waals surface area (Å²) in [4.78, 5) is 48.5. The van der Waals surface area contributed by atoms with Crippen molar-refractivity contribution in [3.8, 4) is 0 Å². The Kier molecular flexibility index (Phi) is 4.95. The van der Waals surface area contributed by atoms with E-state index in [4.69, 9.17) is 11.6 Å². The Morgan fingerprint density at radius 3 is 2.46 bits per heavy atom. The molecule has 1 saturated carbocycles. The number of benzene rings is 2. The molecule has 3 rings (SSSR count). The van der Waals surface area contributed by atoms with Gasteiger partial charge in [0.05, 0.1) is 10.5 Å². The lowest BCUT2D eigenvalue weighted by molar-refractivity contribution is -0.385. The molecule has 2 atom stereocenters. The lowest BCUT2D eigenvalue weighted by atomic mass is 9.73. The standard InChI is InChI=1S/C19H14ClNO5/c20-12-6-7-14(15(10-12)21(25)26)19(24)17-16(22)9-8-13(18(17)23)11-4-2-1-3-5-11/h1-7,10,13,17H,8-9H2. The summed E-state index contributed by atoms with van der Waals surface area (Å²) in [6.45, 7) is 0. The van der Waals surface area contributed by atoms with Crippen LogP contribution in [0.5, 0.6) is 0 Å². The zero-order chi connectivity index (χ0) is 18.8. The Balaban J connectivity index is 1.99. The van der Waals surface area contributed by atoms with E-state index in [0.717, 1.165) is 11.6 Å². The van der Waals surface area contributed by atoms with E-state index < -0.39 is 39.8 Å². The molecule has 0 aromatic heterocycles. The molecule has 132 valence electrons. The molecule has 6 nitrogen and oxygen atoms in total. The summed E-state index contributed by atoms with van der Waals surface area (Å²) in [6, 6.07) is 12.5. The molecule has 0 saturated heterocycles. The van der Waals surface area contributed by atoms with Gasteiger partial charge in [-0.1, -0.05) is 41.9 Å². The molecule has 1 aliphatic rings. The van der Waals surface area contributed by atoms with Crippen LogP contribution in [0.15, 0.2) is 48.5 Å². The van der Waals surface area contributed by atoms with Crippen LogP contribution in [-0.2, 0) is 9.59 Å². The molecule has 0 N–H and O–H groups in total. The van der Waals surface area contributed by atoms with Gasteiger partial charge in [-0.05, 0) is 24.1 Å². The third-order valence-corrected chi connectivity index (χ3v) is 4.75. The van der Waals surface area contributed by atoms with Gasteiger partial charge in [0.2, 0.25) is 0 Å². The number of hydrogen-bond donors (Lipinski definition) is 0. The average molecular weight is 372 g/mol. The number of carbonyl (C=O) groups is 3. The van der Waals surface area contributed by atoms with Gasteiger partial charge in [-0.15, -0.1) is 0 Å². The lowest BCUT2D eigenvalue weighted by Crippen LogP contribution is -2.39. The molecule has 0 heterocycles. The molecule has 2 aromatic carbocycles. The second-order valence-corrected chi connectivity index (χ2v) is 6.52. The first kappa shape index (κ1) is 17.9. The topological polar surface area (TPSA) is 94.3 Å². The van der Waals surface area contributed by atoms with Crippen molar-refractivity contribution in [3.63, 3.8) is 0 Å². The van der Waals surface area contributed by atoms with Crippen molar-refractivity contribution in [1.82, 2.24) is 0 Å². The Morgan fingerprint density at radius 1 is 1.12 bits per heavy atom. The summed E-state index contributed by atoms with van der Waals surface area (Å²) in [5.74, 6) is -3.95. The quantitative estimate of drug-likeness (QED) is 0.353. The maximum atomic E-state index is 12.9. The molecule has 1 aliphatic carbocycles. The fourth-order valence-electron chi connectivity index (χ4n) is 3.24. The summed E-state index contributed by atoms with van der Waals surface area (Å²) in [5.41, 5.74) is -0.0573. The number of ketones is 3. The molecule has 0 radical (unpaired) electrons. The predicted molar refractivity (Wildman–Crippen MR) is 94.4 cm³/mol. The van der Waals surface area contributed by atoms with Crippen LogP contribution >= 0.6 is 11.6 Å². The Hall–Kier alpha value is -2.86. The maximum absolute atomic E-state index is 12.9. The fourth-order valence-corrected chi connectivity index (χ4v) is 3.41. The molecule has 0 aliphatic heterocycles. The van der Waals surface area contributed by atoms with Gasteiger partial charge in [0, 0.05) is 23.4 Å². The van der Waals surface area contributed by atoms with Crippen molar-refractivity contribution in [2.75, 3.05) is 0 Å². The first-order valence-corrected chi connectivity index (χ1v) is 8.37. The van der Waals surface area contributed by atoms with Gasteiger partial charge < -0.3 is 0 Å². The van der Waals surface area contributed by atoms with E-state index in [1.807, 2.05) is 6.07 Å². The molecular weight excluding hydrogens is 358 g/mol. The summed E-state index contributed by atoms with van der Waals surface area (Å²) in [5, 5.41) is 11.3. The highest BCUT2D eigenvalue weighted by Gasteiger charge is 2.43. The molecule has 1 fully saturated rings. The maximum Gasteiger partial charge on any atom is 0.281 e. The fraction of sp³-hybridized carbons (Fsp3) is 0.211. The van der Waals surface area contributed by atoms with Gasteiger partial charge >= 0.3 is 0 Å². The van der Waals surface area contributed by atoms with Crippen molar-refractivity contribution in [3.05, 3.63) is 74.8 Å². The molecule has 2 aromatic rings. The Labute approximate surface area is 153 Å². The van der Waals surface area contributed by atoms with E-state index in [9.17, 15) is 24.5 Å². The molecule has 0 spiro atoms. The second kappa shape index (κ2) is 7.17. The summed E-state index contributed by atoms with van der Waals surface area (Å²) in [7, 11) is 0. The van der Waals surface area contributed by atoms with Gasteiger partial charge in [0.1, 0.15) is 5.92 Å². The van der Waals surface area contributed by atoms with E-state index in [-0.39, 0.29) is 17.0 Å². The van der Waals surface area contributed by atoms with Crippen molar-refractivity contribution in [2.45, 2.75) is 18.8 Å². The average Bonchev–Trinajstić information content (AvgIpc) is 2.62. The molecule has 7 heteroatoms. The van der Waals surface area contributed by atoms with Crippen LogP contribution in [0.1, 0.15) is 34.7 Å². The number of nitro groups is 1. The monoisotopic (exact) mass is 371 g/mol. The molecule has 26 heavy (non-hydrogen) atoms. The van der Waals surface area contributed by atoms with E-state index >= 15 is 0 Å². The minimum atomic E-state index is -1.52. The van der Waals surface area contributed by atoms with Crippen molar-refractivity contribution in [1.29, 1.82) is 0 Å². The zero-order valence-electron chi connectivity index (χ0n) is 13.6. The number of hydrogen-bond acceptors (Lipinski definition) is 5. The van der Waals surface area contributed by atoms with Crippen molar-refractivity contribution in [2.24, 2.45) is 5.92 Å².